The Balaban J connectivity index is 2.83. The first-order valence-corrected chi connectivity index (χ1v) is 4.80. The first-order chi connectivity index (χ1) is 6.69. The van der Waals surface area contributed by atoms with Crippen molar-refractivity contribution >= 4 is 34.0 Å². The number of ether oxygens (including phenoxy) is 1. The van der Waals surface area contributed by atoms with Gasteiger partial charge in [-0.25, -0.2) is 9.78 Å². The Bertz CT molecular complexity index is 383. The van der Waals surface area contributed by atoms with Crippen LogP contribution < -0.4 is 5.32 Å². The number of esters is 1. The van der Waals surface area contributed by atoms with Crippen molar-refractivity contribution in [2.24, 2.45) is 0 Å². The zero-order valence-corrected chi connectivity index (χ0v) is 8.91. The number of hydrogen-bond donors (Lipinski definition) is 1. The predicted octanol–water partition coefficient (Wildman–Crippen LogP) is 1.63. The number of halogens is 1. The maximum Gasteiger partial charge on any atom is 0.351 e. The van der Waals surface area contributed by atoms with E-state index in [1.807, 2.05) is 0 Å². The highest BCUT2D eigenvalue weighted by Gasteiger charge is 2.16. The second kappa shape index (κ2) is 4.84. The second-order valence-corrected chi connectivity index (χ2v) is 3.55. The molecule has 1 N–H and O–H groups in total. The third kappa shape index (κ3) is 2.37. The van der Waals surface area contributed by atoms with Crippen molar-refractivity contribution in [1.82, 2.24) is 4.98 Å². The van der Waals surface area contributed by atoms with Gasteiger partial charge >= 0.3 is 5.97 Å². The van der Waals surface area contributed by atoms with Gasteiger partial charge in [-0.15, -0.1) is 6.42 Å². The number of carbonyl (C=O) groups is 1. The molecule has 0 bridgehead atoms. The fraction of sp³-hybridized carbons (Fsp3) is 0.250. The Hall–Kier alpha value is -1.25. The summed E-state index contributed by atoms with van der Waals surface area (Å²) < 4.78 is 4.51. The van der Waals surface area contributed by atoms with Gasteiger partial charge in [0, 0.05) is 0 Å². The van der Waals surface area contributed by atoms with Crippen molar-refractivity contribution in [3.05, 3.63) is 10.0 Å². The van der Waals surface area contributed by atoms with Crippen LogP contribution in [0.3, 0.4) is 0 Å². The molecule has 0 aliphatic heterocycles. The van der Waals surface area contributed by atoms with Gasteiger partial charge in [0.15, 0.2) is 15.2 Å². The topological polar surface area (TPSA) is 51.2 Å². The van der Waals surface area contributed by atoms with Gasteiger partial charge in [-0.2, -0.15) is 0 Å². The Labute approximate surface area is 90.2 Å². The van der Waals surface area contributed by atoms with Crippen molar-refractivity contribution in [3.8, 4) is 12.3 Å². The Morgan fingerprint density at radius 3 is 3.14 bits per heavy atom. The smallest absolute Gasteiger partial charge is 0.351 e. The van der Waals surface area contributed by atoms with Gasteiger partial charge in [-0.1, -0.05) is 28.9 Å². The summed E-state index contributed by atoms with van der Waals surface area (Å²) in [6.45, 7) is 0.338. The average molecular weight is 231 g/mol. The summed E-state index contributed by atoms with van der Waals surface area (Å²) in [6.07, 6.45) is 5.05. The minimum absolute atomic E-state index is 0.126. The minimum Gasteiger partial charge on any atom is -0.465 e. The first-order valence-electron chi connectivity index (χ1n) is 3.61. The first kappa shape index (κ1) is 10.8. The van der Waals surface area contributed by atoms with Crippen LogP contribution in [-0.4, -0.2) is 24.6 Å². The van der Waals surface area contributed by atoms with Crippen molar-refractivity contribution in [2.75, 3.05) is 19.0 Å². The summed E-state index contributed by atoms with van der Waals surface area (Å²) in [5.74, 6) is 1.89. The predicted molar refractivity (Wildman–Crippen MR) is 55.8 cm³/mol. The van der Waals surface area contributed by atoms with Crippen LogP contribution in [0.2, 0.25) is 5.15 Å². The molecule has 1 aromatic rings. The Kier molecular flexibility index (Phi) is 3.74. The molecule has 0 radical (unpaired) electrons. The molecule has 14 heavy (non-hydrogen) atoms. The van der Waals surface area contributed by atoms with Crippen molar-refractivity contribution in [3.63, 3.8) is 0 Å². The molecule has 6 heteroatoms. The number of thiazole rings is 1. The van der Waals surface area contributed by atoms with Crippen LogP contribution in [0.1, 0.15) is 9.67 Å². The van der Waals surface area contributed by atoms with E-state index in [1.54, 1.807) is 0 Å². The van der Waals surface area contributed by atoms with E-state index in [0.29, 0.717) is 11.7 Å². The van der Waals surface area contributed by atoms with E-state index in [0.717, 1.165) is 11.3 Å². The number of rotatable bonds is 3. The number of terminal acetylenes is 1. The molecule has 1 aromatic heterocycles. The molecule has 0 saturated carbocycles. The summed E-state index contributed by atoms with van der Waals surface area (Å²) in [5, 5.41) is 3.45. The van der Waals surface area contributed by atoms with Gasteiger partial charge < -0.3 is 10.1 Å². The SMILES string of the molecule is C#CCNc1nc(Cl)c(C(=O)OC)s1. The lowest BCUT2D eigenvalue weighted by atomic mass is 10.6. The molecule has 4 nitrogen and oxygen atoms in total. The van der Waals surface area contributed by atoms with Crippen LogP contribution in [0.25, 0.3) is 0 Å². The highest BCUT2D eigenvalue weighted by molar-refractivity contribution is 7.18. The maximum atomic E-state index is 11.1. The van der Waals surface area contributed by atoms with Gasteiger partial charge in [0.1, 0.15) is 0 Å². The number of methoxy groups -OCH3 is 1. The Morgan fingerprint density at radius 1 is 1.86 bits per heavy atom. The molecule has 1 heterocycles. The summed E-state index contributed by atoms with van der Waals surface area (Å²) in [5.41, 5.74) is 0. The average Bonchev–Trinajstić information content (AvgIpc) is 2.55. The van der Waals surface area contributed by atoms with E-state index in [1.165, 1.54) is 7.11 Å². The van der Waals surface area contributed by atoms with Gasteiger partial charge in [-0.3, -0.25) is 0 Å². The fourth-order valence-corrected chi connectivity index (χ4v) is 1.82. The molecular weight excluding hydrogens is 224 g/mol. The van der Waals surface area contributed by atoms with E-state index < -0.39 is 5.97 Å². The summed E-state index contributed by atoms with van der Waals surface area (Å²) in [4.78, 5) is 15.3. The largest absolute Gasteiger partial charge is 0.465 e. The molecule has 0 fully saturated rings. The van der Waals surface area contributed by atoms with Gasteiger partial charge in [-0.05, 0) is 0 Å². The lowest BCUT2D eigenvalue weighted by Crippen LogP contribution is -1.98. The number of anilines is 1. The molecule has 0 saturated heterocycles. The number of aromatic nitrogens is 1. The molecule has 0 aliphatic carbocycles. The summed E-state index contributed by atoms with van der Waals surface area (Å²) in [6, 6.07) is 0. The third-order valence-corrected chi connectivity index (χ3v) is 2.68. The summed E-state index contributed by atoms with van der Waals surface area (Å²) >= 11 is 6.81. The molecule has 74 valence electrons. The van der Waals surface area contributed by atoms with Crippen molar-refractivity contribution in [1.29, 1.82) is 0 Å². The van der Waals surface area contributed by atoms with Crippen LogP contribution in [-0.2, 0) is 4.74 Å². The molecule has 0 atom stereocenters. The second-order valence-electron chi connectivity index (χ2n) is 2.19. The van der Waals surface area contributed by atoms with Crippen molar-refractivity contribution < 1.29 is 9.53 Å². The highest BCUT2D eigenvalue weighted by atomic mass is 35.5. The number of hydrogen-bond acceptors (Lipinski definition) is 5. The van der Waals surface area contributed by atoms with E-state index in [9.17, 15) is 4.79 Å². The maximum absolute atomic E-state index is 11.1. The lowest BCUT2D eigenvalue weighted by molar-refractivity contribution is 0.0606. The van der Waals surface area contributed by atoms with Gasteiger partial charge in [0.25, 0.3) is 0 Å². The van der Waals surface area contributed by atoms with Crippen LogP contribution in [0.15, 0.2) is 0 Å². The lowest BCUT2D eigenvalue weighted by Gasteiger charge is -1.93. The molecule has 1 rings (SSSR count). The quantitative estimate of drug-likeness (QED) is 0.634. The minimum atomic E-state index is -0.499. The van der Waals surface area contributed by atoms with Gasteiger partial charge in [0.2, 0.25) is 0 Å². The van der Waals surface area contributed by atoms with Crippen LogP contribution in [0, 0.1) is 12.3 Å². The van der Waals surface area contributed by atoms with Crippen molar-refractivity contribution in [2.45, 2.75) is 0 Å². The highest BCUT2D eigenvalue weighted by Crippen LogP contribution is 2.27. The number of nitrogens with zero attached hydrogens (tertiary/aromatic N) is 1. The Morgan fingerprint density at radius 2 is 2.57 bits per heavy atom. The normalized spacial score (nSPS) is 9.21. The molecular formula is C8H7ClN2O2S. The summed E-state index contributed by atoms with van der Waals surface area (Å²) in [7, 11) is 1.28. The van der Waals surface area contributed by atoms with E-state index in [-0.39, 0.29) is 10.0 Å². The third-order valence-electron chi connectivity index (χ3n) is 1.30. The monoisotopic (exact) mass is 230 g/mol. The fourth-order valence-electron chi connectivity index (χ4n) is 0.722. The molecule has 0 spiro atoms. The van der Waals surface area contributed by atoms with E-state index >= 15 is 0 Å². The molecule has 0 amide bonds. The molecule has 0 unspecified atom stereocenters. The van der Waals surface area contributed by atoms with E-state index in [2.05, 4.69) is 21.0 Å². The zero-order chi connectivity index (χ0) is 10.6. The standard InChI is InChI=1S/C8H7ClN2O2S/c1-3-4-10-8-11-6(9)5(14-8)7(12)13-2/h1H,4H2,2H3,(H,10,11). The molecule has 0 aliphatic rings. The van der Waals surface area contributed by atoms with Crippen LogP contribution in [0.4, 0.5) is 5.13 Å². The number of nitrogens with one attached hydrogen (secondary N) is 1. The van der Waals surface area contributed by atoms with E-state index in [4.69, 9.17) is 18.0 Å². The zero-order valence-electron chi connectivity index (χ0n) is 7.33. The molecule has 0 aromatic carbocycles. The number of carbonyl (C=O) groups excluding carboxylic acids is 1. The van der Waals surface area contributed by atoms with Crippen LogP contribution in [0.5, 0.6) is 0 Å². The van der Waals surface area contributed by atoms with Gasteiger partial charge in [0.05, 0.1) is 13.7 Å². The van der Waals surface area contributed by atoms with Crippen LogP contribution >= 0.6 is 22.9 Å².